The van der Waals surface area contributed by atoms with Gasteiger partial charge in [0.05, 0.1) is 19.3 Å². The van der Waals surface area contributed by atoms with Gasteiger partial charge in [-0.2, -0.15) is 0 Å². The van der Waals surface area contributed by atoms with E-state index in [1.54, 1.807) is 6.20 Å². The van der Waals surface area contributed by atoms with Gasteiger partial charge in [0.15, 0.2) is 0 Å². The first-order chi connectivity index (χ1) is 9.19. The maximum Gasteiger partial charge on any atom is 0.129 e. The standard InChI is InChI=1S/C14H14ClN3O/c1-17-13(15)7-16-14(17)8-18-5-4-11-3-2-10(9-19)6-12(11)18/h2-7,19H,8-9H2,1H3. The molecule has 4 nitrogen and oxygen atoms in total. The molecule has 0 aliphatic heterocycles. The van der Waals surface area contributed by atoms with Crippen molar-refractivity contribution in [1.29, 1.82) is 0 Å². The predicted octanol–water partition coefficient (Wildman–Crippen LogP) is 2.57. The maximum absolute atomic E-state index is 9.22. The number of hydrogen-bond acceptors (Lipinski definition) is 2. The highest BCUT2D eigenvalue weighted by Crippen LogP contribution is 2.19. The van der Waals surface area contributed by atoms with Crippen LogP contribution in [0, 0.1) is 0 Å². The molecule has 0 unspecified atom stereocenters. The number of aromatic nitrogens is 3. The highest BCUT2D eigenvalue weighted by atomic mass is 35.5. The number of imidazole rings is 1. The first-order valence-corrected chi connectivity index (χ1v) is 6.41. The van der Waals surface area contributed by atoms with Crippen LogP contribution in [0.5, 0.6) is 0 Å². The van der Waals surface area contributed by atoms with E-state index in [-0.39, 0.29) is 6.61 Å². The van der Waals surface area contributed by atoms with Crippen LogP contribution in [0.4, 0.5) is 0 Å². The minimum absolute atomic E-state index is 0.0509. The van der Waals surface area contributed by atoms with Crippen LogP contribution in [0.1, 0.15) is 11.4 Å². The molecule has 3 rings (SSSR count). The van der Waals surface area contributed by atoms with Crippen molar-refractivity contribution in [2.75, 3.05) is 0 Å². The van der Waals surface area contributed by atoms with E-state index in [4.69, 9.17) is 11.6 Å². The molecule has 0 spiro atoms. The Morgan fingerprint density at radius 1 is 1.32 bits per heavy atom. The van der Waals surface area contributed by atoms with Crippen molar-refractivity contribution in [3.05, 3.63) is 53.2 Å². The Labute approximate surface area is 115 Å². The molecular weight excluding hydrogens is 262 g/mol. The fraction of sp³-hybridized carbons (Fsp3) is 0.214. The summed E-state index contributed by atoms with van der Waals surface area (Å²) in [5.41, 5.74) is 2.00. The van der Waals surface area contributed by atoms with Gasteiger partial charge in [-0.1, -0.05) is 23.7 Å². The Morgan fingerprint density at radius 2 is 2.16 bits per heavy atom. The molecule has 3 aromatic rings. The number of rotatable bonds is 3. The van der Waals surface area contributed by atoms with Crippen molar-refractivity contribution in [3.63, 3.8) is 0 Å². The minimum atomic E-state index is 0.0509. The van der Waals surface area contributed by atoms with Gasteiger partial charge < -0.3 is 14.2 Å². The number of benzene rings is 1. The van der Waals surface area contributed by atoms with E-state index in [1.165, 1.54) is 0 Å². The molecule has 0 aliphatic carbocycles. The van der Waals surface area contributed by atoms with Crippen LogP contribution < -0.4 is 0 Å². The number of aliphatic hydroxyl groups is 1. The average Bonchev–Trinajstić information content (AvgIpc) is 2.97. The number of halogens is 1. The van der Waals surface area contributed by atoms with E-state index in [9.17, 15) is 5.11 Å². The molecule has 98 valence electrons. The number of hydrogen-bond donors (Lipinski definition) is 1. The predicted molar refractivity (Wildman–Crippen MR) is 75.2 cm³/mol. The van der Waals surface area contributed by atoms with Gasteiger partial charge in [0.2, 0.25) is 0 Å². The lowest BCUT2D eigenvalue weighted by atomic mass is 10.2. The number of nitrogens with zero attached hydrogens (tertiary/aromatic N) is 3. The lowest BCUT2D eigenvalue weighted by molar-refractivity contribution is 0.282. The van der Waals surface area contributed by atoms with E-state index in [2.05, 4.69) is 15.6 Å². The van der Waals surface area contributed by atoms with Gasteiger partial charge >= 0.3 is 0 Å². The van der Waals surface area contributed by atoms with Gasteiger partial charge in [0, 0.05) is 18.8 Å². The summed E-state index contributed by atoms with van der Waals surface area (Å²) in [7, 11) is 1.90. The quantitative estimate of drug-likeness (QED) is 0.798. The Kier molecular flexibility index (Phi) is 3.05. The van der Waals surface area contributed by atoms with E-state index >= 15 is 0 Å². The summed E-state index contributed by atoms with van der Waals surface area (Å²) in [5, 5.41) is 11.0. The van der Waals surface area contributed by atoms with Crippen LogP contribution in [0.2, 0.25) is 5.15 Å². The highest BCUT2D eigenvalue weighted by molar-refractivity contribution is 6.29. The van der Waals surface area contributed by atoms with E-state index in [0.29, 0.717) is 11.7 Å². The topological polar surface area (TPSA) is 43.0 Å². The first kappa shape index (κ1) is 12.3. The summed E-state index contributed by atoms with van der Waals surface area (Å²) in [5.74, 6) is 0.900. The second-order valence-corrected chi connectivity index (χ2v) is 4.94. The highest BCUT2D eigenvalue weighted by Gasteiger charge is 2.08. The number of aliphatic hydroxyl groups excluding tert-OH is 1. The van der Waals surface area contributed by atoms with E-state index in [1.807, 2.05) is 36.0 Å². The number of fused-ring (bicyclic) bond motifs is 1. The molecule has 2 aromatic heterocycles. The summed E-state index contributed by atoms with van der Waals surface area (Å²) >= 11 is 5.99. The van der Waals surface area contributed by atoms with Gasteiger partial charge in [-0.15, -0.1) is 0 Å². The molecule has 0 atom stereocenters. The molecule has 5 heteroatoms. The van der Waals surface area contributed by atoms with Crippen molar-refractivity contribution >= 4 is 22.5 Å². The lowest BCUT2D eigenvalue weighted by Gasteiger charge is -2.07. The molecular formula is C14H14ClN3O. The summed E-state index contributed by atoms with van der Waals surface area (Å²) in [4.78, 5) is 4.30. The van der Waals surface area contributed by atoms with Crippen LogP contribution >= 0.6 is 11.6 Å². The molecule has 0 radical (unpaired) electrons. The van der Waals surface area contributed by atoms with E-state index < -0.39 is 0 Å². The molecule has 19 heavy (non-hydrogen) atoms. The Hall–Kier alpha value is -1.78. The van der Waals surface area contributed by atoms with Crippen molar-refractivity contribution < 1.29 is 5.11 Å². The zero-order valence-corrected chi connectivity index (χ0v) is 11.3. The summed E-state index contributed by atoms with van der Waals surface area (Å²) < 4.78 is 3.97. The Morgan fingerprint density at radius 3 is 2.84 bits per heavy atom. The summed E-state index contributed by atoms with van der Waals surface area (Å²) in [6, 6.07) is 8.01. The third-order valence-corrected chi connectivity index (χ3v) is 3.71. The summed E-state index contributed by atoms with van der Waals surface area (Å²) in [6.45, 7) is 0.705. The van der Waals surface area contributed by atoms with Crippen LogP contribution in [0.15, 0.2) is 36.7 Å². The molecule has 0 fully saturated rings. The van der Waals surface area contributed by atoms with Crippen LogP contribution in [-0.2, 0) is 20.2 Å². The molecule has 0 aliphatic rings. The van der Waals surface area contributed by atoms with Crippen molar-refractivity contribution in [1.82, 2.24) is 14.1 Å². The Bertz CT molecular complexity index is 729. The second-order valence-electron chi connectivity index (χ2n) is 4.55. The van der Waals surface area contributed by atoms with Crippen molar-refractivity contribution in [2.24, 2.45) is 7.05 Å². The molecule has 1 N–H and O–H groups in total. The minimum Gasteiger partial charge on any atom is -0.392 e. The normalized spacial score (nSPS) is 11.3. The lowest BCUT2D eigenvalue weighted by Crippen LogP contribution is -2.05. The summed E-state index contributed by atoms with van der Waals surface area (Å²) in [6.07, 6.45) is 3.68. The van der Waals surface area contributed by atoms with Gasteiger partial charge in [-0.05, 0) is 23.1 Å². The smallest absolute Gasteiger partial charge is 0.129 e. The van der Waals surface area contributed by atoms with Gasteiger partial charge in [0.25, 0.3) is 0 Å². The monoisotopic (exact) mass is 275 g/mol. The van der Waals surface area contributed by atoms with Crippen molar-refractivity contribution in [3.8, 4) is 0 Å². The fourth-order valence-corrected chi connectivity index (χ4v) is 2.34. The van der Waals surface area contributed by atoms with Gasteiger partial charge in [-0.3, -0.25) is 0 Å². The zero-order chi connectivity index (χ0) is 13.4. The van der Waals surface area contributed by atoms with Gasteiger partial charge in [0.1, 0.15) is 11.0 Å². The molecule has 0 amide bonds. The van der Waals surface area contributed by atoms with Gasteiger partial charge in [-0.25, -0.2) is 4.98 Å². The zero-order valence-electron chi connectivity index (χ0n) is 10.5. The van der Waals surface area contributed by atoms with Crippen LogP contribution in [0.25, 0.3) is 10.9 Å². The second kappa shape index (κ2) is 4.72. The molecule has 0 saturated carbocycles. The largest absolute Gasteiger partial charge is 0.392 e. The molecule has 0 saturated heterocycles. The third kappa shape index (κ3) is 2.13. The SMILES string of the molecule is Cn1c(Cl)cnc1Cn1ccc2ccc(CO)cc21. The average molecular weight is 276 g/mol. The molecule has 0 bridgehead atoms. The van der Waals surface area contributed by atoms with Crippen molar-refractivity contribution in [2.45, 2.75) is 13.2 Å². The van der Waals surface area contributed by atoms with Crippen LogP contribution in [-0.4, -0.2) is 19.2 Å². The third-order valence-electron chi connectivity index (χ3n) is 3.36. The first-order valence-electron chi connectivity index (χ1n) is 6.04. The fourth-order valence-electron chi connectivity index (χ4n) is 2.19. The van der Waals surface area contributed by atoms with E-state index in [0.717, 1.165) is 22.3 Å². The molecule has 2 heterocycles. The Balaban J connectivity index is 2.03. The maximum atomic E-state index is 9.22. The molecule has 1 aromatic carbocycles. The van der Waals surface area contributed by atoms with Crippen LogP contribution in [0.3, 0.4) is 0 Å².